The molecular weight excluding hydrogens is 243 g/mol. The van der Waals surface area contributed by atoms with Gasteiger partial charge in [-0.15, -0.1) is 0 Å². The van der Waals surface area contributed by atoms with Crippen molar-refractivity contribution in [3.05, 3.63) is 54.1 Å². The first-order valence-corrected chi connectivity index (χ1v) is 5.27. The number of carbonyl (C=O) groups excluding carboxylic acids is 1. The van der Waals surface area contributed by atoms with Crippen LogP contribution in [0.3, 0.4) is 0 Å². The summed E-state index contributed by atoms with van der Waals surface area (Å²) in [5, 5.41) is -0.589. The van der Waals surface area contributed by atoms with Gasteiger partial charge in [0, 0.05) is 6.08 Å². The Morgan fingerprint density at radius 1 is 1.24 bits per heavy atom. The van der Waals surface area contributed by atoms with Gasteiger partial charge in [-0.25, -0.2) is 4.39 Å². The Hall–Kier alpha value is -1.87. The predicted molar refractivity (Wildman–Crippen MR) is 64.0 cm³/mol. The maximum Gasteiger partial charge on any atom is 0.245 e. The summed E-state index contributed by atoms with van der Waals surface area (Å²) < 4.78 is 18.8. The van der Waals surface area contributed by atoms with Crippen molar-refractivity contribution in [3.8, 4) is 11.3 Å². The van der Waals surface area contributed by atoms with Crippen LogP contribution in [0.15, 0.2) is 46.9 Å². The smallest absolute Gasteiger partial charge is 0.245 e. The van der Waals surface area contributed by atoms with Gasteiger partial charge in [0.1, 0.15) is 17.3 Å². The lowest BCUT2D eigenvalue weighted by molar-refractivity contribution is -0.107. The third-order valence-electron chi connectivity index (χ3n) is 2.14. The number of carbonyl (C=O) groups is 1. The predicted octanol–water partition coefficient (Wildman–Crippen LogP) is 3.86. The number of halogens is 2. The molecule has 0 saturated heterocycles. The molecule has 1 aromatic heterocycles. The minimum absolute atomic E-state index is 0.356. The van der Waals surface area contributed by atoms with Crippen molar-refractivity contribution in [2.24, 2.45) is 0 Å². The zero-order valence-electron chi connectivity index (χ0n) is 8.69. The van der Waals surface area contributed by atoms with E-state index in [2.05, 4.69) is 0 Å². The normalized spacial score (nSPS) is 10.9. The van der Waals surface area contributed by atoms with Crippen molar-refractivity contribution < 1.29 is 13.6 Å². The lowest BCUT2D eigenvalue weighted by Crippen LogP contribution is -1.79. The van der Waals surface area contributed by atoms with Crippen LogP contribution in [0.25, 0.3) is 17.4 Å². The molecule has 0 saturated carbocycles. The molecular formula is C13H8ClFO2. The second-order valence-corrected chi connectivity index (χ2v) is 3.69. The highest BCUT2D eigenvalue weighted by atomic mass is 35.5. The molecule has 2 rings (SSSR count). The molecule has 2 nitrogen and oxygen atoms in total. The van der Waals surface area contributed by atoms with E-state index in [1.807, 2.05) is 0 Å². The minimum atomic E-state index is -0.589. The molecule has 0 unspecified atom stereocenters. The Morgan fingerprint density at radius 3 is 2.71 bits per heavy atom. The van der Waals surface area contributed by atoms with E-state index in [-0.39, 0.29) is 5.82 Å². The first-order valence-electron chi connectivity index (χ1n) is 4.89. The molecule has 0 aliphatic heterocycles. The molecule has 0 radical (unpaired) electrons. The Morgan fingerprint density at radius 2 is 2.00 bits per heavy atom. The molecule has 0 bridgehead atoms. The summed E-state index contributed by atoms with van der Waals surface area (Å²) in [6.45, 7) is 0. The summed E-state index contributed by atoms with van der Waals surface area (Å²) in [5.41, 5.74) is 0.379. The first kappa shape index (κ1) is 11.6. The van der Waals surface area contributed by atoms with E-state index in [1.165, 1.54) is 18.2 Å². The van der Waals surface area contributed by atoms with Gasteiger partial charge in [0.05, 0.1) is 5.56 Å². The number of benzene rings is 1. The number of furan rings is 1. The SMILES string of the molecule is O=C(Cl)/C=C/c1ccc(-c2ccccc2F)o1. The maximum absolute atomic E-state index is 13.4. The highest BCUT2D eigenvalue weighted by Gasteiger charge is 2.07. The van der Waals surface area contributed by atoms with Gasteiger partial charge in [0.15, 0.2) is 0 Å². The summed E-state index contributed by atoms with van der Waals surface area (Å²) in [4.78, 5) is 10.5. The number of hydrogen-bond acceptors (Lipinski definition) is 2. The van der Waals surface area contributed by atoms with E-state index in [4.69, 9.17) is 16.0 Å². The van der Waals surface area contributed by atoms with Crippen LogP contribution < -0.4 is 0 Å². The molecule has 2 aromatic rings. The highest BCUT2D eigenvalue weighted by Crippen LogP contribution is 2.25. The monoisotopic (exact) mass is 250 g/mol. The van der Waals surface area contributed by atoms with Crippen LogP contribution in [-0.4, -0.2) is 5.24 Å². The standard InChI is InChI=1S/C13H8ClFO2/c14-13(16)8-6-9-5-7-12(17-9)10-3-1-2-4-11(10)15/h1-8H/b8-6+. The number of allylic oxidation sites excluding steroid dienone is 1. The number of hydrogen-bond donors (Lipinski definition) is 0. The average Bonchev–Trinajstić information content (AvgIpc) is 2.75. The molecule has 4 heteroatoms. The van der Waals surface area contributed by atoms with Gasteiger partial charge in [-0.3, -0.25) is 4.79 Å². The molecule has 0 spiro atoms. The average molecular weight is 251 g/mol. The Labute approximate surface area is 102 Å². The lowest BCUT2D eigenvalue weighted by atomic mass is 10.1. The van der Waals surface area contributed by atoms with Crippen molar-refractivity contribution in [1.29, 1.82) is 0 Å². The molecule has 0 atom stereocenters. The molecule has 0 aliphatic carbocycles. The third-order valence-corrected chi connectivity index (χ3v) is 2.27. The van der Waals surface area contributed by atoms with Gasteiger partial charge < -0.3 is 4.42 Å². The van der Waals surface area contributed by atoms with Crippen molar-refractivity contribution in [1.82, 2.24) is 0 Å². The molecule has 0 fully saturated rings. The summed E-state index contributed by atoms with van der Waals surface area (Å²) in [6, 6.07) is 9.58. The summed E-state index contributed by atoms with van der Waals surface area (Å²) in [7, 11) is 0. The van der Waals surface area contributed by atoms with Crippen LogP contribution in [-0.2, 0) is 4.79 Å². The summed E-state index contributed by atoms with van der Waals surface area (Å²) in [6.07, 6.45) is 2.60. The van der Waals surface area contributed by atoms with Gasteiger partial charge in [-0.1, -0.05) is 12.1 Å². The second kappa shape index (κ2) is 4.97. The van der Waals surface area contributed by atoms with E-state index < -0.39 is 5.24 Å². The van der Waals surface area contributed by atoms with Crippen LogP contribution in [0, 0.1) is 5.82 Å². The first-order chi connectivity index (χ1) is 8.16. The zero-order valence-corrected chi connectivity index (χ0v) is 9.45. The summed E-state index contributed by atoms with van der Waals surface area (Å²) >= 11 is 5.15. The maximum atomic E-state index is 13.4. The molecule has 0 aliphatic rings. The van der Waals surface area contributed by atoms with Gasteiger partial charge in [-0.2, -0.15) is 0 Å². The zero-order chi connectivity index (χ0) is 12.3. The lowest BCUT2D eigenvalue weighted by Gasteiger charge is -1.97. The quantitative estimate of drug-likeness (QED) is 0.612. The molecule has 0 amide bonds. The number of rotatable bonds is 3. The van der Waals surface area contributed by atoms with E-state index in [0.29, 0.717) is 17.1 Å². The van der Waals surface area contributed by atoms with Crippen molar-refractivity contribution in [3.63, 3.8) is 0 Å². The fourth-order valence-electron chi connectivity index (χ4n) is 1.40. The van der Waals surface area contributed by atoms with E-state index in [1.54, 1.807) is 30.3 Å². The summed E-state index contributed by atoms with van der Waals surface area (Å²) in [5.74, 6) is 0.493. The van der Waals surface area contributed by atoms with Crippen LogP contribution >= 0.6 is 11.6 Å². The molecule has 86 valence electrons. The fraction of sp³-hybridized carbons (Fsp3) is 0. The highest BCUT2D eigenvalue weighted by molar-refractivity contribution is 6.66. The van der Waals surface area contributed by atoms with Crippen LogP contribution in [0.4, 0.5) is 4.39 Å². The molecule has 17 heavy (non-hydrogen) atoms. The Balaban J connectivity index is 2.30. The van der Waals surface area contributed by atoms with Crippen LogP contribution in [0.5, 0.6) is 0 Å². The fourth-order valence-corrected chi connectivity index (χ4v) is 1.46. The van der Waals surface area contributed by atoms with Crippen molar-refractivity contribution in [2.75, 3.05) is 0 Å². The largest absolute Gasteiger partial charge is 0.457 e. The van der Waals surface area contributed by atoms with Crippen molar-refractivity contribution >= 4 is 22.9 Å². The molecule has 1 aromatic carbocycles. The van der Waals surface area contributed by atoms with E-state index >= 15 is 0 Å². The topological polar surface area (TPSA) is 30.2 Å². The van der Waals surface area contributed by atoms with Crippen LogP contribution in [0.1, 0.15) is 5.76 Å². The van der Waals surface area contributed by atoms with E-state index in [0.717, 1.165) is 0 Å². The van der Waals surface area contributed by atoms with Gasteiger partial charge in [0.25, 0.3) is 0 Å². The van der Waals surface area contributed by atoms with Crippen molar-refractivity contribution in [2.45, 2.75) is 0 Å². The van der Waals surface area contributed by atoms with E-state index in [9.17, 15) is 9.18 Å². The molecule has 1 heterocycles. The second-order valence-electron chi connectivity index (χ2n) is 3.32. The van der Waals surface area contributed by atoms with Gasteiger partial charge >= 0.3 is 0 Å². The van der Waals surface area contributed by atoms with Crippen LogP contribution in [0.2, 0.25) is 0 Å². The van der Waals surface area contributed by atoms with Gasteiger partial charge in [-0.05, 0) is 41.9 Å². The Bertz CT molecular complexity index is 572. The Kier molecular flexibility index (Phi) is 3.40. The van der Waals surface area contributed by atoms with Gasteiger partial charge in [0.2, 0.25) is 5.24 Å². The third kappa shape index (κ3) is 2.82. The molecule has 0 N–H and O–H groups in total. The minimum Gasteiger partial charge on any atom is -0.457 e.